The van der Waals surface area contributed by atoms with Crippen LogP contribution in [0.25, 0.3) is 0 Å². The van der Waals surface area contributed by atoms with Crippen LogP contribution in [0.4, 0.5) is 0 Å². The molecule has 0 heterocycles. The fourth-order valence-corrected chi connectivity index (χ4v) is 6.96. The van der Waals surface area contributed by atoms with E-state index in [4.69, 9.17) is 18.5 Å². The van der Waals surface area contributed by atoms with E-state index in [0.717, 1.165) is 70.6 Å². The summed E-state index contributed by atoms with van der Waals surface area (Å²) < 4.78 is 35.0. The molecule has 0 fully saturated rings. The molecule has 0 radical (unpaired) electrons. The van der Waals surface area contributed by atoms with E-state index < -0.39 is 13.9 Å². The Labute approximate surface area is 340 Å². The summed E-state index contributed by atoms with van der Waals surface area (Å²) in [7, 11) is 1.66. The topological polar surface area (TPSA) is 91.3 Å². The maximum absolute atomic E-state index is 12.7. The number of carbonyl (C=O) groups excluding carboxylic acids is 1. The monoisotopic (exact) mass is 799 g/mol. The SMILES string of the molecule is CC/C=C\C/C=C\C/C=C\CCCCCCCC(=O)OC(COCCCCCCCCCCCCCCCCCCCC)COP(=O)(O)OCC[N+](C)(C)C. The van der Waals surface area contributed by atoms with Gasteiger partial charge < -0.3 is 18.9 Å². The molecular weight excluding hydrogens is 709 g/mol. The van der Waals surface area contributed by atoms with Crippen molar-refractivity contribution in [2.75, 3.05) is 54.1 Å². The van der Waals surface area contributed by atoms with Crippen LogP contribution in [0.2, 0.25) is 0 Å². The summed E-state index contributed by atoms with van der Waals surface area (Å²) in [4.78, 5) is 22.9. The van der Waals surface area contributed by atoms with Gasteiger partial charge in [-0.15, -0.1) is 0 Å². The lowest BCUT2D eigenvalue weighted by Crippen LogP contribution is -2.37. The maximum Gasteiger partial charge on any atom is 0.472 e. The van der Waals surface area contributed by atoms with Crippen LogP contribution in [0, 0.1) is 0 Å². The predicted molar refractivity (Wildman–Crippen MR) is 233 cm³/mol. The zero-order valence-electron chi connectivity index (χ0n) is 36.7. The number of unbranched alkanes of at least 4 members (excludes halogenated alkanes) is 22. The normalized spacial score (nSPS) is 14.1. The quantitative estimate of drug-likeness (QED) is 0.0216. The Kier molecular flexibility index (Phi) is 38.6. The van der Waals surface area contributed by atoms with Gasteiger partial charge in [-0.2, -0.15) is 0 Å². The average molecular weight is 799 g/mol. The van der Waals surface area contributed by atoms with Crippen molar-refractivity contribution >= 4 is 13.8 Å². The molecule has 0 saturated carbocycles. The first-order valence-corrected chi connectivity index (χ1v) is 24.2. The summed E-state index contributed by atoms with van der Waals surface area (Å²) in [5.41, 5.74) is 0. The number of phosphoric acid groups is 1. The molecule has 1 N–H and O–H groups in total. The lowest BCUT2D eigenvalue weighted by molar-refractivity contribution is -0.870. The van der Waals surface area contributed by atoms with Crippen molar-refractivity contribution in [1.29, 1.82) is 0 Å². The van der Waals surface area contributed by atoms with Gasteiger partial charge >= 0.3 is 13.8 Å². The van der Waals surface area contributed by atoms with Crippen LogP contribution < -0.4 is 0 Å². The van der Waals surface area contributed by atoms with E-state index in [9.17, 15) is 14.3 Å². The van der Waals surface area contributed by atoms with Gasteiger partial charge in [0.1, 0.15) is 19.3 Å². The third-order valence-electron chi connectivity index (χ3n) is 9.72. The summed E-state index contributed by atoms with van der Waals surface area (Å²) in [6.07, 6.45) is 46.1. The van der Waals surface area contributed by atoms with Crippen LogP contribution in [-0.4, -0.2) is 75.6 Å². The Morgan fingerprint density at radius 2 is 1.05 bits per heavy atom. The zero-order valence-corrected chi connectivity index (χ0v) is 37.6. The van der Waals surface area contributed by atoms with Crippen molar-refractivity contribution in [3.63, 3.8) is 0 Å². The minimum absolute atomic E-state index is 0.0857. The molecule has 0 rings (SSSR count). The minimum atomic E-state index is -4.28. The van der Waals surface area contributed by atoms with Crippen molar-refractivity contribution in [2.45, 2.75) is 200 Å². The number of hydrogen-bond donors (Lipinski definition) is 1. The van der Waals surface area contributed by atoms with Gasteiger partial charge in [-0.1, -0.05) is 179 Å². The molecule has 2 atom stereocenters. The molecule has 0 aliphatic heterocycles. The molecule has 0 aromatic heterocycles. The predicted octanol–water partition coefficient (Wildman–Crippen LogP) is 13.4. The highest BCUT2D eigenvalue weighted by Gasteiger charge is 2.26. The number of phosphoric ester groups is 1. The molecule has 0 amide bonds. The van der Waals surface area contributed by atoms with Crippen LogP contribution in [-0.2, 0) is 27.9 Å². The molecule has 0 aromatic rings. The van der Waals surface area contributed by atoms with E-state index in [0.29, 0.717) is 24.1 Å². The van der Waals surface area contributed by atoms with Gasteiger partial charge in [-0.25, -0.2) is 4.57 Å². The summed E-state index contributed by atoms with van der Waals surface area (Å²) in [6.45, 7) is 5.51. The first-order chi connectivity index (χ1) is 26.6. The Morgan fingerprint density at radius 1 is 0.582 bits per heavy atom. The van der Waals surface area contributed by atoms with Gasteiger partial charge in [0, 0.05) is 13.0 Å². The van der Waals surface area contributed by atoms with Gasteiger partial charge in [0.05, 0.1) is 34.4 Å². The van der Waals surface area contributed by atoms with Crippen molar-refractivity contribution < 1.29 is 37.3 Å². The summed E-state index contributed by atoms with van der Waals surface area (Å²) in [5, 5.41) is 0. The fourth-order valence-electron chi connectivity index (χ4n) is 6.21. The zero-order chi connectivity index (χ0) is 40.6. The van der Waals surface area contributed by atoms with Crippen LogP contribution in [0.15, 0.2) is 36.5 Å². The van der Waals surface area contributed by atoms with Crippen LogP contribution in [0.3, 0.4) is 0 Å². The Balaban J connectivity index is 4.21. The summed E-state index contributed by atoms with van der Waals surface area (Å²) >= 11 is 0. The number of quaternary nitrogens is 1. The highest BCUT2D eigenvalue weighted by atomic mass is 31.2. The number of ether oxygens (including phenoxy) is 2. The molecule has 324 valence electrons. The van der Waals surface area contributed by atoms with Crippen molar-refractivity contribution in [3.8, 4) is 0 Å². The number of esters is 1. The standard InChI is InChI=1S/C46H88NO7P/c1-6-8-10-12-14-16-18-20-22-23-24-26-28-30-32-34-36-38-41-51-43-45(44-53-55(49,50)52-42-40-47(3,4)5)54-46(48)39-37-35-33-31-29-27-25-21-19-17-15-13-11-9-7-2/h9,11,15,17,21,25,45H,6-8,10,12-14,16,18-20,22-24,26-44H2,1-5H3/p+1/b11-9-,17-15-,25-21-. The van der Waals surface area contributed by atoms with Gasteiger partial charge in [-0.3, -0.25) is 13.8 Å². The summed E-state index contributed by atoms with van der Waals surface area (Å²) in [5.74, 6) is -0.328. The van der Waals surface area contributed by atoms with Crippen LogP contribution >= 0.6 is 7.82 Å². The molecule has 0 spiro atoms. The van der Waals surface area contributed by atoms with Gasteiger partial charge in [0.2, 0.25) is 0 Å². The molecule has 8 nitrogen and oxygen atoms in total. The second-order valence-electron chi connectivity index (χ2n) is 16.4. The van der Waals surface area contributed by atoms with Crippen molar-refractivity contribution in [3.05, 3.63) is 36.5 Å². The Hall–Kier alpha value is -1.28. The fraction of sp³-hybridized carbons (Fsp3) is 0.848. The number of rotatable bonds is 42. The molecule has 0 aliphatic carbocycles. The van der Waals surface area contributed by atoms with Gasteiger partial charge in [0.15, 0.2) is 0 Å². The number of nitrogens with zero attached hydrogens (tertiary/aromatic N) is 1. The lowest BCUT2D eigenvalue weighted by atomic mass is 10.0. The minimum Gasteiger partial charge on any atom is -0.457 e. The molecule has 9 heteroatoms. The Morgan fingerprint density at radius 3 is 1.58 bits per heavy atom. The number of hydrogen-bond acceptors (Lipinski definition) is 6. The van der Waals surface area contributed by atoms with Crippen LogP contribution in [0.5, 0.6) is 0 Å². The van der Waals surface area contributed by atoms with E-state index >= 15 is 0 Å². The molecule has 2 unspecified atom stereocenters. The highest BCUT2D eigenvalue weighted by molar-refractivity contribution is 7.47. The molecule has 0 bridgehead atoms. The van der Waals surface area contributed by atoms with Crippen molar-refractivity contribution in [1.82, 2.24) is 0 Å². The molecule has 0 aromatic carbocycles. The first-order valence-electron chi connectivity index (χ1n) is 22.7. The van der Waals surface area contributed by atoms with E-state index in [1.165, 1.54) is 103 Å². The third kappa shape index (κ3) is 43.7. The summed E-state index contributed by atoms with van der Waals surface area (Å²) in [6, 6.07) is 0. The number of carbonyl (C=O) groups is 1. The lowest BCUT2D eigenvalue weighted by Gasteiger charge is -2.24. The van der Waals surface area contributed by atoms with Gasteiger partial charge in [0.25, 0.3) is 0 Å². The highest BCUT2D eigenvalue weighted by Crippen LogP contribution is 2.43. The van der Waals surface area contributed by atoms with E-state index in [1.54, 1.807) is 0 Å². The first kappa shape index (κ1) is 53.7. The van der Waals surface area contributed by atoms with Crippen LogP contribution in [0.1, 0.15) is 194 Å². The largest absolute Gasteiger partial charge is 0.472 e. The molecular formula is C46H89NO7P+. The smallest absolute Gasteiger partial charge is 0.457 e. The van der Waals surface area contributed by atoms with Crippen molar-refractivity contribution in [2.24, 2.45) is 0 Å². The molecule has 55 heavy (non-hydrogen) atoms. The second-order valence-corrected chi connectivity index (χ2v) is 17.9. The maximum atomic E-state index is 12.7. The van der Waals surface area contributed by atoms with E-state index in [1.807, 2.05) is 21.1 Å². The third-order valence-corrected chi connectivity index (χ3v) is 10.7. The Bertz CT molecular complexity index is 978. The number of likely N-dealkylation sites (N-methyl/N-ethyl adjacent to an activating group) is 1. The number of allylic oxidation sites excluding steroid dienone is 6. The van der Waals surface area contributed by atoms with E-state index in [-0.39, 0.29) is 25.8 Å². The second kappa shape index (κ2) is 39.5. The van der Waals surface area contributed by atoms with E-state index in [2.05, 4.69) is 50.3 Å². The van der Waals surface area contributed by atoms with Gasteiger partial charge in [-0.05, 0) is 44.9 Å². The molecule has 0 aliphatic rings. The molecule has 0 saturated heterocycles. The average Bonchev–Trinajstić information content (AvgIpc) is 3.13.